The molecule has 0 spiro atoms. The monoisotopic (exact) mass is 188 g/mol. The molecule has 0 aromatic rings. The second kappa shape index (κ2) is 2.88. The SMILES string of the molecule is O=C1OC(O)C(C2CCOC2=O)O1. The smallest absolute Gasteiger partial charge is 0.465 e. The van der Waals surface area contributed by atoms with Gasteiger partial charge in [0.2, 0.25) is 6.29 Å². The standard InChI is InChI=1S/C7H8O6/c8-5-3(1-2-11-5)4-6(9)13-7(10)12-4/h3-4,6,9H,1-2H2. The Hall–Kier alpha value is -1.30. The molecule has 1 N–H and O–H groups in total. The van der Waals surface area contributed by atoms with Gasteiger partial charge in [-0.2, -0.15) is 0 Å². The molecule has 2 aliphatic heterocycles. The van der Waals surface area contributed by atoms with Crippen LogP contribution >= 0.6 is 0 Å². The fourth-order valence-corrected chi connectivity index (χ4v) is 1.45. The topological polar surface area (TPSA) is 82.1 Å². The second-order valence-corrected chi connectivity index (χ2v) is 2.90. The van der Waals surface area contributed by atoms with Crippen molar-refractivity contribution in [2.24, 2.45) is 5.92 Å². The van der Waals surface area contributed by atoms with E-state index in [9.17, 15) is 9.59 Å². The molecule has 2 heterocycles. The highest BCUT2D eigenvalue weighted by Gasteiger charge is 2.46. The Morgan fingerprint density at radius 1 is 1.31 bits per heavy atom. The van der Waals surface area contributed by atoms with Gasteiger partial charge in [-0.05, 0) is 6.42 Å². The van der Waals surface area contributed by atoms with Crippen molar-refractivity contribution < 1.29 is 28.9 Å². The first kappa shape index (κ1) is 8.31. The van der Waals surface area contributed by atoms with E-state index >= 15 is 0 Å². The lowest BCUT2D eigenvalue weighted by Crippen LogP contribution is -2.33. The zero-order chi connectivity index (χ0) is 9.42. The van der Waals surface area contributed by atoms with Gasteiger partial charge in [-0.15, -0.1) is 0 Å². The van der Waals surface area contributed by atoms with Crippen LogP contribution in [0.4, 0.5) is 4.79 Å². The lowest BCUT2D eigenvalue weighted by Gasteiger charge is -2.13. The number of hydrogen-bond donors (Lipinski definition) is 1. The van der Waals surface area contributed by atoms with Gasteiger partial charge in [0.05, 0.1) is 6.61 Å². The van der Waals surface area contributed by atoms with Crippen LogP contribution < -0.4 is 0 Å². The molecule has 2 rings (SSSR count). The van der Waals surface area contributed by atoms with Crippen molar-refractivity contribution in [1.29, 1.82) is 0 Å². The number of carbonyl (C=O) groups excluding carboxylic acids is 2. The first-order chi connectivity index (χ1) is 6.18. The summed E-state index contributed by atoms with van der Waals surface area (Å²) < 4.78 is 13.6. The maximum absolute atomic E-state index is 11.0. The highest BCUT2D eigenvalue weighted by molar-refractivity contribution is 5.76. The molecule has 2 saturated heterocycles. The summed E-state index contributed by atoms with van der Waals surface area (Å²) >= 11 is 0. The molecule has 72 valence electrons. The fraction of sp³-hybridized carbons (Fsp3) is 0.714. The minimum atomic E-state index is -1.36. The third kappa shape index (κ3) is 1.33. The van der Waals surface area contributed by atoms with E-state index < -0.39 is 30.4 Å². The number of carbonyl (C=O) groups is 2. The van der Waals surface area contributed by atoms with Crippen molar-refractivity contribution in [2.75, 3.05) is 6.61 Å². The Bertz CT molecular complexity index is 249. The number of esters is 1. The van der Waals surface area contributed by atoms with Crippen LogP contribution in [0.3, 0.4) is 0 Å². The van der Waals surface area contributed by atoms with Gasteiger partial charge in [0, 0.05) is 0 Å². The number of cyclic esters (lactones) is 3. The van der Waals surface area contributed by atoms with E-state index in [1.807, 2.05) is 0 Å². The number of hydrogen-bond acceptors (Lipinski definition) is 6. The molecule has 3 unspecified atom stereocenters. The number of ether oxygens (including phenoxy) is 3. The predicted molar refractivity (Wildman–Crippen MR) is 36.4 cm³/mol. The van der Waals surface area contributed by atoms with Crippen molar-refractivity contribution in [3.05, 3.63) is 0 Å². The molecule has 6 heteroatoms. The maximum Gasteiger partial charge on any atom is 0.511 e. The Kier molecular flexibility index (Phi) is 1.84. The molecule has 0 bridgehead atoms. The van der Waals surface area contributed by atoms with Gasteiger partial charge in [0.1, 0.15) is 5.92 Å². The van der Waals surface area contributed by atoms with E-state index in [4.69, 9.17) is 5.11 Å². The minimum absolute atomic E-state index is 0.296. The Morgan fingerprint density at radius 3 is 2.54 bits per heavy atom. The van der Waals surface area contributed by atoms with Crippen LogP contribution in [0.2, 0.25) is 0 Å². The average Bonchev–Trinajstić information content (AvgIpc) is 2.58. The number of aliphatic hydroxyl groups is 1. The molecule has 2 aliphatic rings. The minimum Gasteiger partial charge on any atom is -0.465 e. The van der Waals surface area contributed by atoms with Crippen molar-refractivity contribution in [3.63, 3.8) is 0 Å². The lowest BCUT2D eigenvalue weighted by molar-refractivity contribution is -0.147. The summed E-state index contributed by atoms with van der Waals surface area (Å²) in [5, 5.41) is 9.16. The van der Waals surface area contributed by atoms with Gasteiger partial charge in [0.25, 0.3) is 0 Å². The summed E-state index contributed by atoms with van der Waals surface area (Å²) in [6.07, 6.45) is -2.78. The Balaban J connectivity index is 2.08. The van der Waals surface area contributed by atoms with Crippen LogP contribution in [-0.4, -0.2) is 36.2 Å². The molecule has 0 radical (unpaired) electrons. The van der Waals surface area contributed by atoms with Crippen LogP contribution in [0, 0.1) is 5.92 Å². The van der Waals surface area contributed by atoms with Crippen molar-refractivity contribution in [2.45, 2.75) is 18.8 Å². The van der Waals surface area contributed by atoms with Crippen LogP contribution in [-0.2, 0) is 19.0 Å². The Labute approximate surface area is 73.4 Å². The van der Waals surface area contributed by atoms with Crippen molar-refractivity contribution in [1.82, 2.24) is 0 Å². The van der Waals surface area contributed by atoms with Gasteiger partial charge in [-0.3, -0.25) is 4.79 Å². The van der Waals surface area contributed by atoms with Crippen LogP contribution in [0.25, 0.3) is 0 Å². The number of aliphatic hydroxyl groups excluding tert-OH is 1. The zero-order valence-electron chi connectivity index (χ0n) is 6.63. The van der Waals surface area contributed by atoms with Gasteiger partial charge < -0.3 is 19.3 Å². The largest absolute Gasteiger partial charge is 0.511 e. The van der Waals surface area contributed by atoms with E-state index in [0.717, 1.165) is 0 Å². The first-order valence-electron chi connectivity index (χ1n) is 3.90. The predicted octanol–water partition coefficient (Wildman–Crippen LogP) is -0.597. The van der Waals surface area contributed by atoms with Crippen LogP contribution in [0.5, 0.6) is 0 Å². The molecule has 0 aliphatic carbocycles. The quantitative estimate of drug-likeness (QED) is 0.553. The molecule has 0 amide bonds. The molecule has 13 heavy (non-hydrogen) atoms. The summed E-state index contributed by atoms with van der Waals surface area (Å²) in [5.74, 6) is -1.05. The molecular formula is C7H8O6. The van der Waals surface area contributed by atoms with Crippen molar-refractivity contribution >= 4 is 12.1 Å². The fourth-order valence-electron chi connectivity index (χ4n) is 1.45. The summed E-state index contributed by atoms with van der Waals surface area (Å²) in [5.41, 5.74) is 0. The van der Waals surface area contributed by atoms with Gasteiger partial charge in [-0.1, -0.05) is 0 Å². The van der Waals surface area contributed by atoms with Gasteiger partial charge in [-0.25, -0.2) is 4.79 Å². The normalized spacial score (nSPS) is 38.4. The summed E-state index contributed by atoms with van der Waals surface area (Å²) in [7, 11) is 0. The Morgan fingerprint density at radius 2 is 2.08 bits per heavy atom. The number of rotatable bonds is 1. The van der Waals surface area contributed by atoms with E-state index in [0.29, 0.717) is 13.0 Å². The lowest BCUT2D eigenvalue weighted by atomic mass is 10.0. The van der Waals surface area contributed by atoms with E-state index in [1.54, 1.807) is 0 Å². The summed E-state index contributed by atoms with van der Waals surface area (Å²) in [6.45, 7) is 0.296. The molecule has 6 nitrogen and oxygen atoms in total. The molecule has 0 aromatic carbocycles. The van der Waals surface area contributed by atoms with Crippen LogP contribution in [0.1, 0.15) is 6.42 Å². The summed E-state index contributed by atoms with van der Waals surface area (Å²) in [4.78, 5) is 21.6. The van der Waals surface area contributed by atoms with E-state index in [2.05, 4.69) is 14.2 Å². The molecule has 2 fully saturated rings. The molecule has 0 aromatic heterocycles. The highest BCUT2D eigenvalue weighted by atomic mass is 16.8. The first-order valence-corrected chi connectivity index (χ1v) is 3.90. The zero-order valence-corrected chi connectivity index (χ0v) is 6.63. The maximum atomic E-state index is 11.0. The summed E-state index contributed by atoms with van der Waals surface area (Å²) in [6, 6.07) is 0. The van der Waals surface area contributed by atoms with Gasteiger partial charge in [0.15, 0.2) is 6.10 Å². The third-order valence-corrected chi connectivity index (χ3v) is 2.10. The average molecular weight is 188 g/mol. The highest BCUT2D eigenvalue weighted by Crippen LogP contribution is 2.27. The van der Waals surface area contributed by atoms with E-state index in [-0.39, 0.29) is 0 Å². The van der Waals surface area contributed by atoms with E-state index in [1.165, 1.54) is 0 Å². The van der Waals surface area contributed by atoms with Gasteiger partial charge >= 0.3 is 12.1 Å². The second-order valence-electron chi connectivity index (χ2n) is 2.90. The molecular weight excluding hydrogens is 180 g/mol. The third-order valence-electron chi connectivity index (χ3n) is 2.10. The van der Waals surface area contributed by atoms with Crippen molar-refractivity contribution in [3.8, 4) is 0 Å². The molecule has 0 saturated carbocycles. The molecule has 3 atom stereocenters. The van der Waals surface area contributed by atoms with Crippen LogP contribution in [0.15, 0.2) is 0 Å².